The van der Waals surface area contributed by atoms with Gasteiger partial charge in [0.15, 0.2) is 4.96 Å². The van der Waals surface area contributed by atoms with Crippen molar-refractivity contribution in [2.24, 2.45) is 0 Å². The summed E-state index contributed by atoms with van der Waals surface area (Å²) in [7, 11) is 0. The van der Waals surface area contributed by atoms with Crippen LogP contribution in [-0.4, -0.2) is 21.1 Å². The Balaban J connectivity index is 2.25. The van der Waals surface area contributed by atoms with Gasteiger partial charge in [0.2, 0.25) is 0 Å². The Morgan fingerprint density at radius 3 is 3.12 bits per heavy atom. The van der Waals surface area contributed by atoms with E-state index in [2.05, 4.69) is 20.8 Å². The van der Waals surface area contributed by atoms with Crippen molar-refractivity contribution in [1.82, 2.24) is 9.38 Å². The second kappa shape index (κ2) is 4.01. The predicted octanol–water partition coefficient (Wildman–Crippen LogP) is 2.66. The number of fused-ring (bicyclic) bond motifs is 1. The standard InChI is InChI=1S/C11H10N2OS2/c14-6-3-9-10(8-2-1-7-15-8)13-5-4-12-11(13)16-9/h1-2,4-5,7,14H,3,6H2. The van der Waals surface area contributed by atoms with Crippen LogP contribution in [0.25, 0.3) is 15.5 Å². The Kier molecular flexibility index (Phi) is 2.51. The zero-order chi connectivity index (χ0) is 11.0. The molecule has 0 fully saturated rings. The van der Waals surface area contributed by atoms with Gasteiger partial charge in [0.05, 0.1) is 10.6 Å². The number of hydrogen-bond acceptors (Lipinski definition) is 4. The Hall–Kier alpha value is -1.17. The molecule has 82 valence electrons. The van der Waals surface area contributed by atoms with Crippen LogP contribution >= 0.6 is 22.7 Å². The third-order valence-electron chi connectivity index (χ3n) is 2.42. The monoisotopic (exact) mass is 250 g/mol. The van der Waals surface area contributed by atoms with Crippen LogP contribution < -0.4 is 0 Å². The van der Waals surface area contributed by atoms with Gasteiger partial charge in [0.1, 0.15) is 0 Å². The first-order valence-electron chi connectivity index (χ1n) is 4.99. The molecule has 3 rings (SSSR count). The molecule has 3 nitrogen and oxygen atoms in total. The molecule has 0 aromatic carbocycles. The lowest BCUT2D eigenvalue weighted by atomic mass is 10.2. The molecule has 0 unspecified atom stereocenters. The molecule has 0 bridgehead atoms. The van der Waals surface area contributed by atoms with Crippen LogP contribution in [0.5, 0.6) is 0 Å². The molecule has 3 aromatic rings. The molecule has 16 heavy (non-hydrogen) atoms. The molecule has 0 aliphatic heterocycles. The fourth-order valence-electron chi connectivity index (χ4n) is 1.77. The van der Waals surface area contributed by atoms with E-state index in [9.17, 15) is 0 Å². The highest BCUT2D eigenvalue weighted by Gasteiger charge is 2.14. The van der Waals surface area contributed by atoms with Crippen LogP contribution in [0.3, 0.4) is 0 Å². The van der Waals surface area contributed by atoms with Gasteiger partial charge in [-0.15, -0.1) is 22.7 Å². The lowest BCUT2D eigenvalue weighted by molar-refractivity contribution is 0.300. The van der Waals surface area contributed by atoms with Gasteiger partial charge in [-0.2, -0.15) is 0 Å². The highest BCUT2D eigenvalue weighted by molar-refractivity contribution is 7.18. The molecule has 0 amide bonds. The van der Waals surface area contributed by atoms with E-state index in [1.807, 2.05) is 18.5 Å². The molecule has 3 heterocycles. The maximum absolute atomic E-state index is 9.08. The summed E-state index contributed by atoms with van der Waals surface area (Å²) in [6.45, 7) is 0.183. The van der Waals surface area contributed by atoms with Gasteiger partial charge in [-0.05, 0) is 11.4 Å². The molecule has 0 spiro atoms. The van der Waals surface area contributed by atoms with Crippen LogP contribution in [-0.2, 0) is 6.42 Å². The van der Waals surface area contributed by atoms with Gasteiger partial charge >= 0.3 is 0 Å². The number of aliphatic hydroxyl groups is 1. The molecule has 0 atom stereocenters. The lowest BCUT2D eigenvalue weighted by Crippen LogP contribution is -1.91. The molecule has 0 saturated heterocycles. The Labute approximate surface area is 101 Å². The first-order chi connectivity index (χ1) is 7.90. The molecule has 3 aromatic heterocycles. The maximum Gasteiger partial charge on any atom is 0.194 e. The highest BCUT2D eigenvalue weighted by Crippen LogP contribution is 2.34. The average Bonchev–Trinajstić information content (AvgIpc) is 2.91. The van der Waals surface area contributed by atoms with Crippen molar-refractivity contribution in [3.63, 3.8) is 0 Å². The smallest absolute Gasteiger partial charge is 0.194 e. The van der Waals surface area contributed by atoms with Gasteiger partial charge in [-0.3, -0.25) is 4.40 Å². The largest absolute Gasteiger partial charge is 0.396 e. The molecule has 0 saturated carbocycles. The number of thiophene rings is 1. The van der Waals surface area contributed by atoms with E-state index in [-0.39, 0.29) is 6.61 Å². The van der Waals surface area contributed by atoms with Crippen LogP contribution in [0.1, 0.15) is 4.88 Å². The molecule has 1 N–H and O–H groups in total. The number of aliphatic hydroxyl groups excluding tert-OH is 1. The van der Waals surface area contributed by atoms with E-state index in [0.29, 0.717) is 6.42 Å². The lowest BCUT2D eigenvalue weighted by Gasteiger charge is -1.99. The number of nitrogens with zero attached hydrogens (tertiary/aromatic N) is 2. The van der Waals surface area contributed by atoms with Gasteiger partial charge in [0, 0.05) is 30.3 Å². The van der Waals surface area contributed by atoms with Crippen molar-refractivity contribution in [2.45, 2.75) is 6.42 Å². The predicted molar refractivity (Wildman–Crippen MR) is 67.2 cm³/mol. The number of aromatic nitrogens is 2. The zero-order valence-electron chi connectivity index (χ0n) is 8.46. The van der Waals surface area contributed by atoms with Crippen LogP contribution in [0.4, 0.5) is 0 Å². The van der Waals surface area contributed by atoms with Gasteiger partial charge < -0.3 is 5.11 Å². The number of thiazole rings is 1. The van der Waals surface area contributed by atoms with Crippen molar-refractivity contribution < 1.29 is 5.11 Å². The number of hydrogen-bond donors (Lipinski definition) is 1. The van der Waals surface area contributed by atoms with E-state index in [1.165, 1.54) is 15.4 Å². The van der Waals surface area contributed by atoms with E-state index in [4.69, 9.17) is 5.11 Å². The van der Waals surface area contributed by atoms with E-state index in [0.717, 1.165) is 4.96 Å². The Bertz CT molecular complexity index is 595. The summed E-state index contributed by atoms with van der Waals surface area (Å²) in [5.41, 5.74) is 1.18. The van der Waals surface area contributed by atoms with Crippen molar-refractivity contribution >= 4 is 27.6 Å². The minimum Gasteiger partial charge on any atom is -0.396 e. The third kappa shape index (κ3) is 1.48. The molecule has 0 aliphatic rings. The SMILES string of the molecule is OCCc1sc2nccn2c1-c1cccs1. The summed E-state index contributed by atoms with van der Waals surface area (Å²) in [5.74, 6) is 0. The molecule has 0 radical (unpaired) electrons. The van der Waals surface area contributed by atoms with E-state index in [1.54, 1.807) is 22.7 Å². The van der Waals surface area contributed by atoms with Crippen LogP contribution in [0.15, 0.2) is 29.9 Å². The number of rotatable bonds is 3. The van der Waals surface area contributed by atoms with Gasteiger partial charge in [0.25, 0.3) is 0 Å². The second-order valence-corrected chi connectivity index (χ2v) is 5.41. The first kappa shape index (κ1) is 10.0. The minimum atomic E-state index is 0.183. The number of imidazole rings is 1. The summed E-state index contributed by atoms with van der Waals surface area (Å²) in [6, 6.07) is 4.15. The average molecular weight is 250 g/mol. The summed E-state index contributed by atoms with van der Waals surface area (Å²) >= 11 is 3.37. The van der Waals surface area contributed by atoms with Crippen molar-refractivity contribution in [2.75, 3.05) is 6.61 Å². The quantitative estimate of drug-likeness (QED) is 0.776. The Morgan fingerprint density at radius 2 is 2.38 bits per heavy atom. The van der Waals surface area contributed by atoms with Crippen molar-refractivity contribution in [3.8, 4) is 10.6 Å². The summed E-state index contributed by atoms with van der Waals surface area (Å²) in [4.78, 5) is 7.72. The second-order valence-electron chi connectivity index (χ2n) is 3.40. The summed E-state index contributed by atoms with van der Waals surface area (Å²) in [5, 5.41) is 11.2. The zero-order valence-corrected chi connectivity index (χ0v) is 10.1. The fourth-order valence-corrected chi connectivity index (χ4v) is 3.71. The minimum absolute atomic E-state index is 0.183. The van der Waals surface area contributed by atoms with E-state index >= 15 is 0 Å². The molecular formula is C11H10N2OS2. The van der Waals surface area contributed by atoms with Crippen LogP contribution in [0.2, 0.25) is 0 Å². The third-order valence-corrected chi connectivity index (χ3v) is 4.42. The van der Waals surface area contributed by atoms with Crippen LogP contribution in [0, 0.1) is 0 Å². The van der Waals surface area contributed by atoms with E-state index < -0.39 is 0 Å². The van der Waals surface area contributed by atoms with Gasteiger partial charge in [-0.25, -0.2) is 4.98 Å². The maximum atomic E-state index is 9.08. The fraction of sp³-hybridized carbons (Fsp3) is 0.182. The molecule has 0 aliphatic carbocycles. The molecular weight excluding hydrogens is 240 g/mol. The topological polar surface area (TPSA) is 37.5 Å². The summed E-state index contributed by atoms with van der Waals surface area (Å²) < 4.78 is 2.10. The first-order valence-corrected chi connectivity index (χ1v) is 6.69. The molecule has 5 heteroatoms. The summed E-state index contributed by atoms with van der Waals surface area (Å²) in [6.07, 6.45) is 4.48. The highest BCUT2D eigenvalue weighted by atomic mass is 32.1. The van der Waals surface area contributed by atoms with Crippen molar-refractivity contribution in [3.05, 3.63) is 34.8 Å². The van der Waals surface area contributed by atoms with Gasteiger partial charge in [-0.1, -0.05) is 6.07 Å². The normalized spacial score (nSPS) is 11.3. The Morgan fingerprint density at radius 1 is 1.44 bits per heavy atom. The van der Waals surface area contributed by atoms with Crippen molar-refractivity contribution in [1.29, 1.82) is 0 Å².